The Kier molecular flexibility index (Phi) is 2.59. The predicted molar refractivity (Wildman–Crippen MR) is 42.7 cm³/mol. The third-order valence-electron chi connectivity index (χ3n) is 1.46. The molecule has 1 aromatic rings. The van der Waals surface area contributed by atoms with Crippen molar-refractivity contribution in [1.82, 2.24) is 0 Å². The van der Waals surface area contributed by atoms with Gasteiger partial charge in [-0.3, -0.25) is 0 Å². The van der Waals surface area contributed by atoms with Crippen LogP contribution >= 0.6 is 0 Å². The van der Waals surface area contributed by atoms with Crippen LogP contribution in [0.1, 0.15) is 15.9 Å². The minimum Gasteiger partial charge on any atom is -0.478 e. The lowest BCUT2D eigenvalue weighted by molar-refractivity contribution is 0.0692. The highest BCUT2D eigenvalue weighted by molar-refractivity contribution is 5.91. The van der Waals surface area contributed by atoms with Crippen LogP contribution in [0.5, 0.6) is 0 Å². The molecule has 5 heteroatoms. The number of nitrogens with zero attached hydrogens (tertiary/aromatic N) is 1. The Morgan fingerprint density at radius 1 is 1.54 bits per heavy atom. The van der Waals surface area contributed by atoms with Crippen molar-refractivity contribution >= 4 is 12.2 Å². The molecule has 13 heavy (non-hydrogen) atoms. The van der Waals surface area contributed by atoms with E-state index in [1.165, 1.54) is 12.1 Å². The van der Waals surface area contributed by atoms with E-state index in [9.17, 15) is 9.18 Å². The maximum Gasteiger partial charge on any atom is 0.338 e. The summed E-state index contributed by atoms with van der Waals surface area (Å²) in [7, 11) is 0. The van der Waals surface area contributed by atoms with Gasteiger partial charge in [0.1, 0.15) is 5.82 Å². The average Bonchev–Trinajstić information content (AvgIpc) is 2.08. The number of benzene rings is 1. The van der Waals surface area contributed by atoms with Crippen LogP contribution < -0.4 is 0 Å². The number of carbonyl (C=O) groups is 1. The number of aromatic carboxylic acids is 1. The Balaban J connectivity index is 3.26. The van der Waals surface area contributed by atoms with Gasteiger partial charge < -0.3 is 10.3 Å². The van der Waals surface area contributed by atoms with Gasteiger partial charge >= 0.3 is 5.97 Å². The predicted octanol–water partition coefficient (Wildman–Crippen LogP) is 1.33. The summed E-state index contributed by atoms with van der Waals surface area (Å²) in [5, 5.41) is 19.2. The van der Waals surface area contributed by atoms with Gasteiger partial charge in [-0.15, -0.1) is 0 Å². The van der Waals surface area contributed by atoms with E-state index in [-0.39, 0.29) is 5.56 Å². The second-order valence-electron chi connectivity index (χ2n) is 2.26. The molecule has 0 aliphatic carbocycles. The number of oxime groups is 1. The van der Waals surface area contributed by atoms with Crippen LogP contribution in [-0.2, 0) is 0 Å². The Hall–Kier alpha value is -1.91. The molecule has 0 amide bonds. The lowest BCUT2D eigenvalue weighted by Gasteiger charge is -1.98. The van der Waals surface area contributed by atoms with E-state index in [1.807, 2.05) is 0 Å². The molecule has 0 spiro atoms. The van der Waals surface area contributed by atoms with E-state index < -0.39 is 17.3 Å². The van der Waals surface area contributed by atoms with E-state index in [0.717, 1.165) is 12.3 Å². The summed E-state index contributed by atoms with van der Waals surface area (Å²) in [6.07, 6.45) is 0.835. The van der Waals surface area contributed by atoms with Crippen molar-refractivity contribution < 1.29 is 19.5 Å². The monoisotopic (exact) mass is 183 g/mol. The second-order valence-corrected chi connectivity index (χ2v) is 2.26. The SMILES string of the molecule is O=C(O)c1cccc(/C=N/O)c1F. The van der Waals surface area contributed by atoms with Crippen LogP contribution in [-0.4, -0.2) is 22.5 Å². The van der Waals surface area contributed by atoms with E-state index in [2.05, 4.69) is 5.16 Å². The topological polar surface area (TPSA) is 69.9 Å². The van der Waals surface area contributed by atoms with Gasteiger partial charge in [0.25, 0.3) is 0 Å². The van der Waals surface area contributed by atoms with Gasteiger partial charge in [-0.2, -0.15) is 0 Å². The molecule has 0 unspecified atom stereocenters. The summed E-state index contributed by atoms with van der Waals surface area (Å²) in [5.41, 5.74) is -0.514. The third-order valence-corrected chi connectivity index (χ3v) is 1.46. The first kappa shape index (κ1) is 9.18. The Bertz CT molecular complexity index is 362. The summed E-state index contributed by atoms with van der Waals surface area (Å²) in [6, 6.07) is 3.80. The van der Waals surface area contributed by atoms with Crippen LogP contribution in [0.2, 0.25) is 0 Å². The van der Waals surface area contributed by atoms with Gasteiger partial charge in [0.05, 0.1) is 11.8 Å². The van der Waals surface area contributed by atoms with Crippen LogP contribution in [0.25, 0.3) is 0 Å². The molecule has 0 saturated carbocycles. The minimum atomic E-state index is -1.36. The molecule has 4 nitrogen and oxygen atoms in total. The molecule has 68 valence electrons. The molecule has 0 aliphatic heterocycles. The van der Waals surface area contributed by atoms with Gasteiger partial charge in [-0.05, 0) is 6.07 Å². The van der Waals surface area contributed by atoms with Crippen LogP contribution in [0.4, 0.5) is 4.39 Å². The lowest BCUT2D eigenvalue weighted by atomic mass is 10.1. The van der Waals surface area contributed by atoms with Crippen molar-refractivity contribution in [3.63, 3.8) is 0 Å². The molecule has 0 fully saturated rings. The van der Waals surface area contributed by atoms with Gasteiger partial charge in [0.15, 0.2) is 0 Å². The first-order valence-corrected chi connectivity index (χ1v) is 3.36. The van der Waals surface area contributed by atoms with E-state index >= 15 is 0 Å². The molecule has 0 heterocycles. The van der Waals surface area contributed by atoms with Gasteiger partial charge in [-0.1, -0.05) is 17.3 Å². The molecule has 1 rings (SSSR count). The molecule has 0 bridgehead atoms. The normalized spacial score (nSPS) is 10.5. The summed E-state index contributed by atoms with van der Waals surface area (Å²) in [6.45, 7) is 0. The standard InChI is InChI=1S/C8H6FNO3/c9-7-5(4-10-13)2-1-3-6(7)8(11)12/h1-4,13H,(H,11,12)/b10-4+. The Morgan fingerprint density at radius 2 is 2.23 bits per heavy atom. The fourth-order valence-corrected chi connectivity index (χ4v) is 0.877. The van der Waals surface area contributed by atoms with Gasteiger partial charge in [0.2, 0.25) is 0 Å². The van der Waals surface area contributed by atoms with Gasteiger partial charge in [0, 0.05) is 5.56 Å². The van der Waals surface area contributed by atoms with Crippen molar-refractivity contribution in [1.29, 1.82) is 0 Å². The van der Waals surface area contributed by atoms with Crippen LogP contribution in [0, 0.1) is 5.82 Å². The highest BCUT2D eigenvalue weighted by atomic mass is 19.1. The summed E-state index contributed by atoms with van der Waals surface area (Å²) < 4.78 is 13.1. The first-order chi connectivity index (χ1) is 6.16. The second kappa shape index (κ2) is 3.66. The summed E-state index contributed by atoms with van der Waals surface area (Å²) in [4.78, 5) is 10.4. The number of carboxylic acid groups (broad SMARTS) is 1. The maximum atomic E-state index is 13.1. The number of rotatable bonds is 2. The zero-order valence-electron chi connectivity index (χ0n) is 6.44. The van der Waals surface area contributed by atoms with Crippen molar-refractivity contribution in [3.05, 3.63) is 35.1 Å². The maximum absolute atomic E-state index is 13.1. The van der Waals surface area contributed by atoms with Crippen molar-refractivity contribution in [2.24, 2.45) is 5.16 Å². The molecule has 1 aromatic carbocycles. The fraction of sp³-hybridized carbons (Fsp3) is 0. The number of hydrogen-bond acceptors (Lipinski definition) is 3. The van der Waals surface area contributed by atoms with Crippen LogP contribution in [0.3, 0.4) is 0 Å². The van der Waals surface area contributed by atoms with Crippen molar-refractivity contribution in [2.75, 3.05) is 0 Å². The highest BCUT2D eigenvalue weighted by Gasteiger charge is 2.12. The quantitative estimate of drug-likeness (QED) is 0.413. The lowest BCUT2D eigenvalue weighted by Crippen LogP contribution is -2.03. The summed E-state index contributed by atoms with van der Waals surface area (Å²) in [5.74, 6) is -2.27. The summed E-state index contributed by atoms with van der Waals surface area (Å²) >= 11 is 0. The minimum absolute atomic E-state index is 0.0672. The molecule has 0 aromatic heterocycles. The highest BCUT2D eigenvalue weighted by Crippen LogP contribution is 2.10. The number of carboxylic acids is 1. The Morgan fingerprint density at radius 3 is 2.77 bits per heavy atom. The molecule has 0 aliphatic rings. The number of halogens is 1. The van der Waals surface area contributed by atoms with Crippen LogP contribution in [0.15, 0.2) is 23.4 Å². The smallest absolute Gasteiger partial charge is 0.338 e. The zero-order chi connectivity index (χ0) is 9.84. The number of hydrogen-bond donors (Lipinski definition) is 2. The molecule has 0 radical (unpaired) electrons. The average molecular weight is 183 g/mol. The van der Waals surface area contributed by atoms with Gasteiger partial charge in [-0.25, -0.2) is 9.18 Å². The van der Waals surface area contributed by atoms with E-state index in [4.69, 9.17) is 10.3 Å². The molecule has 0 saturated heterocycles. The first-order valence-electron chi connectivity index (χ1n) is 3.36. The molecule has 2 N–H and O–H groups in total. The Labute approximate surface area is 72.9 Å². The fourth-order valence-electron chi connectivity index (χ4n) is 0.877. The molecular weight excluding hydrogens is 177 g/mol. The largest absolute Gasteiger partial charge is 0.478 e. The third kappa shape index (κ3) is 1.81. The molecule has 0 atom stereocenters. The van der Waals surface area contributed by atoms with E-state index in [0.29, 0.717) is 0 Å². The molecular formula is C8H6FNO3. The van der Waals surface area contributed by atoms with Crippen molar-refractivity contribution in [3.8, 4) is 0 Å². The van der Waals surface area contributed by atoms with Crippen molar-refractivity contribution in [2.45, 2.75) is 0 Å². The van der Waals surface area contributed by atoms with E-state index in [1.54, 1.807) is 0 Å². The zero-order valence-corrected chi connectivity index (χ0v) is 6.44.